The van der Waals surface area contributed by atoms with Gasteiger partial charge in [0, 0.05) is 11.5 Å². The average Bonchev–Trinajstić information content (AvgIpc) is 3.08. The molecule has 22 heavy (non-hydrogen) atoms. The molecule has 0 aliphatic heterocycles. The molecule has 0 saturated carbocycles. The zero-order chi connectivity index (χ0) is 15.3. The van der Waals surface area contributed by atoms with Gasteiger partial charge in [-0.2, -0.15) is 5.10 Å². The third-order valence-electron chi connectivity index (χ3n) is 3.81. The van der Waals surface area contributed by atoms with Crippen LogP contribution in [-0.4, -0.2) is 26.9 Å². The number of fused-ring (bicyclic) bond motifs is 3. The molecule has 0 atom stereocenters. The van der Waals surface area contributed by atoms with Crippen LogP contribution in [-0.2, 0) is 0 Å². The van der Waals surface area contributed by atoms with E-state index in [1.807, 2.05) is 23.6 Å². The molecule has 1 aromatic carbocycles. The van der Waals surface area contributed by atoms with Crippen molar-refractivity contribution < 1.29 is 9.13 Å². The van der Waals surface area contributed by atoms with Crippen molar-refractivity contribution in [3.05, 3.63) is 48.0 Å². The van der Waals surface area contributed by atoms with Crippen LogP contribution in [0.4, 0.5) is 4.39 Å². The van der Waals surface area contributed by atoms with Gasteiger partial charge in [-0.05, 0) is 31.2 Å². The molecular weight excluding hydrogens is 283 g/mol. The normalized spacial score (nSPS) is 11.4. The topological polar surface area (TPSA) is 55.7 Å². The molecule has 0 aliphatic rings. The molecule has 5 nitrogen and oxygen atoms in total. The van der Waals surface area contributed by atoms with Gasteiger partial charge >= 0.3 is 0 Å². The molecule has 3 heterocycles. The predicted octanol–water partition coefficient (Wildman–Crippen LogP) is 3.36. The molecule has 0 saturated heterocycles. The van der Waals surface area contributed by atoms with Gasteiger partial charge in [-0.3, -0.25) is 5.10 Å². The van der Waals surface area contributed by atoms with Gasteiger partial charge in [0.25, 0.3) is 0 Å². The molecule has 0 aliphatic carbocycles. The second-order valence-electron chi connectivity index (χ2n) is 5.09. The van der Waals surface area contributed by atoms with Crippen LogP contribution < -0.4 is 4.74 Å². The van der Waals surface area contributed by atoms with Crippen LogP contribution in [0, 0.1) is 12.7 Å². The van der Waals surface area contributed by atoms with Crippen molar-refractivity contribution in [1.82, 2.24) is 19.7 Å². The Morgan fingerprint density at radius 2 is 2.05 bits per heavy atom. The number of hydrogen-bond acceptors (Lipinski definition) is 3. The number of benzene rings is 1. The van der Waals surface area contributed by atoms with Crippen LogP contribution in [0.2, 0.25) is 0 Å². The summed E-state index contributed by atoms with van der Waals surface area (Å²) in [6, 6.07) is 8.48. The zero-order valence-electron chi connectivity index (χ0n) is 12.1. The van der Waals surface area contributed by atoms with Crippen LogP contribution in [0.3, 0.4) is 0 Å². The predicted molar refractivity (Wildman–Crippen MR) is 82.0 cm³/mol. The van der Waals surface area contributed by atoms with Gasteiger partial charge in [0.05, 0.1) is 41.2 Å². The first-order chi connectivity index (χ1) is 10.7. The van der Waals surface area contributed by atoms with Crippen molar-refractivity contribution in [3.63, 3.8) is 0 Å². The average molecular weight is 296 g/mol. The second kappa shape index (κ2) is 4.56. The van der Waals surface area contributed by atoms with Crippen LogP contribution in [0.5, 0.6) is 5.88 Å². The van der Waals surface area contributed by atoms with Gasteiger partial charge in [-0.1, -0.05) is 0 Å². The molecule has 0 spiro atoms. The minimum absolute atomic E-state index is 0.272. The molecule has 0 amide bonds. The van der Waals surface area contributed by atoms with E-state index in [1.54, 1.807) is 19.4 Å². The van der Waals surface area contributed by atoms with Gasteiger partial charge in [-0.15, -0.1) is 0 Å². The van der Waals surface area contributed by atoms with Crippen LogP contribution >= 0.6 is 0 Å². The van der Waals surface area contributed by atoms with E-state index in [0.29, 0.717) is 5.88 Å². The van der Waals surface area contributed by atoms with E-state index in [9.17, 15) is 4.39 Å². The number of hydrogen-bond donors (Lipinski definition) is 1. The standard InChI is InChI=1S/C16H13FN4O/c1-9-12(5-6-15(19-9)22-2)21-13-4-3-10(17)7-11(13)16-14(21)8-18-20-16/h3-8H,1-2H3,(H,18,20). The summed E-state index contributed by atoms with van der Waals surface area (Å²) >= 11 is 0. The summed E-state index contributed by atoms with van der Waals surface area (Å²) < 4.78 is 20.8. The Kier molecular flexibility index (Phi) is 2.66. The highest BCUT2D eigenvalue weighted by molar-refractivity contribution is 6.06. The summed E-state index contributed by atoms with van der Waals surface area (Å²) in [5, 5.41) is 7.81. The third-order valence-corrected chi connectivity index (χ3v) is 3.81. The van der Waals surface area contributed by atoms with Crippen LogP contribution in [0.1, 0.15) is 5.69 Å². The van der Waals surface area contributed by atoms with Gasteiger partial charge in [0.15, 0.2) is 0 Å². The highest BCUT2D eigenvalue weighted by Crippen LogP contribution is 2.32. The van der Waals surface area contributed by atoms with Crippen LogP contribution in [0.25, 0.3) is 27.6 Å². The lowest BCUT2D eigenvalue weighted by Gasteiger charge is -2.10. The first kappa shape index (κ1) is 12.8. The SMILES string of the molecule is COc1ccc(-n2c3ccc(F)cc3c3[nH]ncc32)c(C)n1. The summed E-state index contributed by atoms with van der Waals surface area (Å²) in [5.41, 5.74) is 4.33. The molecule has 0 bridgehead atoms. The third kappa shape index (κ3) is 1.70. The van der Waals surface area contributed by atoms with Gasteiger partial charge in [0.1, 0.15) is 5.82 Å². The van der Waals surface area contributed by atoms with Crippen molar-refractivity contribution in [2.24, 2.45) is 0 Å². The molecule has 0 fully saturated rings. The highest BCUT2D eigenvalue weighted by Gasteiger charge is 2.16. The largest absolute Gasteiger partial charge is 0.481 e. The first-order valence-electron chi connectivity index (χ1n) is 6.84. The Morgan fingerprint density at radius 3 is 2.82 bits per heavy atom. The molecule has 0 unspecified atom stereocenters. The number of aryl methyl sites for hydroxylation is 1. The van der Waals surface area contributed by atoms with E-state index in [2.05, 4.69) is 15.2 Å². The molecule has 1 N–H and O–H groups in total. The maximum Gasteiger partial charge on any atom is 0.213 e. The number of methoxy groups -OCH3 is 1. The van der Waals surface area contributed by atoms with Gasteiger partial charge in [0.2, 0.25) is 5.88 Å². The minimum Gasteiger partial charge on any atom is -0.481 e. The lowest BCUT2D eigenvalue weighted by molar-refractivity contribution is 0.397. The lowest BCUT2D eigenvalue weighted by atomic mass is 10.2. The first-order valence-corrected chi connectivity index (χ1v) is 6.84. The molecule has 3 aromatic heterocycles. The Bertz CT molecular complexity index is 1000. The number of rotatable bonds is 2. The molecule has 4 rings (SSSR count). The van der Waals surface area contributed by atoms with E-state index in [-0.39, 0.29) is 5.82 Å². The highest BCUT2D eigenvalue weighted by atomic mass is 19.1. The Hall–Kier alpha value is -2.89. The summed E-state index contributed by atoms with van der Waals surface area (Å²) in [4.78, 5) is 4.42. The van der Waals surface area contributed by atoms with Gasteiger partial charge < -0.3 is 9.30 Å². The minimum atomic E-state index is -0.272. The fourth-order valence-corrected chi connectivity index (χ4v) is 2.82. The zero-order valence-corrected chi connectivity index (χ0v) is 12.1. The summed E-state index contributed by atoms with van der Waals surface area (Å²) in [6.07, 6.45) is 1.73. The number of nitrogens with zero attached hydrogens (tertiary/aromatic N) is 3. The summed E-state index contributed by atoms with van der Waals surface area (Å²) in [7, 11) is 1.59. The number of ether oxygens (including phenoxy) is 1. The molecule has 110 valence electrons. The van der Waals surface area contributed by atoms with Crippen LogP contribution in [0.15, 0.2) is 36.5 Å². The maximum absolute atomic E-state index is 13.6. The van der Waals surface area contributed by atoms with E-state index < -0.39 is 0 Å². The number of pyridine rings is 1. The van der Waals surface area contributed by atoms with Crippen molar-refractivity contribution in [2.45, 2.75) is 6.92 Å². The number of halogens is 1. The Balaban J connectivity index is 2.10. The fraction of sp³-hybridized carbons (Fsp3) is 0.125. The Morgan fingerprint density at radius 1 is 1.18 bits per heavy atom. The molecule has 0 radical (unpaired) electrons. The van der Waals surface area contributed by atoms with E-state index >= 15 is 0 Å². The number of H-pyrrole nitrogens is 1. The van der Waals surface area contributed by atoms with Gasteiger partial charge in [-0.25, -0.2) is 9.37 Å². The molecule has 4 aromatic rings. The van der Waals surface area contributed by atoms with E-state index in [1.165, 1.54) is 12.1 Å². The monoisotopic (exact) mass is 296 g/mol. The number of aromatic amines is 1. The smallest absolute Gasteiger partial charge is 0.213 e. The molecule has 6 heteroatoms. The summed E-state index contributed by atoms with van der Waals surface area (Å²) in [5.74, 6) is 0.290. The molecular formula is C16H13FN4O. The van der Waals surface area contributed by atoms with E-state index in [4.69, 9.17) is 4.74 Å². The fourth-order valence-electron chi connectivity index (χ4n) is 2.82. The van der Waals surface area contributed by atoms with E-state index in [0.717, 1.165) is 33.3 Å². The maximum atomic E-state index is 13.6. The summed E-state index contributed by atoms with van der Waals surface area (Å²) in [6.45, 7) is 1.92. The van der Waals surface area contributed by atoms with Crippen molar-refractivity contribution in [3.8, 4) is 11.6 Å². The second-order valence-corrected chi connectivity index (χ2v) is 5.09. The number of aromatic nitrogens is 4. The Labute approximate surface area is 125 Å². The van der Waals surface area contributed by atoms with Crippen molar-refractivity contribution >= 4 is 21.9 Å². The van der Waals surface area contributed by atoms with Crippen molar-refractivity contribution in [2.75, 3.05) is 7.11 Å². The quantitative estimate of drug-likeness (QED) is 0.617. The lowest BCUT2D eigenvalue weighted by Crippen LogP contribution is -2.00. The number of nitrogens with one attached hydrogen (secondary N) is 1. The van der Waals surface area contributed by atoms with Crippen molar-refractivity contribution in [1.29, 1.82) is 0 Å².